The fourth-order valence-electron chi connectivity index (χ4n) is 3.22. The standard InChI is InChI=1S/C20H23ClN2O3/c1-14-4-3-5-15(8-14)12-23-7-6-22(13-19(23)24)11-16-9-17(21)20(25)18(10-16)26-2/h3-5,8-10,25H,6-7,11-13H2,1-2H3. The molecular weight excluding hydrogens is 352 g/mol. The molecule has 1 fully saturated rings. The van der Waals surface area contributed by atoms with Gasteiger partial charge >= 0.3 is 0 Å². The van der Waals surface area contributed by atoms with E-state index in [2.05, 4.69) is 30.0 Å². The zero-order valence-corrected chi connectivity index (χ0v) is 15.8. The first-order valence-corrected chi connectivity index (χ1v) is 8.95. The maximum atomic E-state index is 12.5. The molecule has 26 heavy (non-hydrogen) atoms. The number of phenolic OH excluding ortho intramolecular Hbond substituents is 1. The average Bonchev–Trinajstić information content (AvgIpc) is 2.60. The monoisotopic (exact) mass is 374 g/mol. The molecule has 0 aliphatic carbocycles. The van der Waals surface area contributed by atoms with Gasteiger partial charge in [0.2, 0.25) is 5.91 Å². The molecule has 1 saturated heterocycles. The number of aromatic hydroxyl groups is 1. The summed E-state index contributed by atoms with van der Waals surface area (Å²) in [6, 6.07) is 11.7. The summed E-state index contributed by atoms with van der Waals surface area (Å²) in [6.45, 7) is 5.13. The summed E-state index contributed by atoms with van der Waals surface area (Å²) >= 11 is 6.05. The summed E-state index contributed by atoms with van der Waals surface area (Å²) < 4.78 is 5.14. The number of ether oxygens (including phenoxy) is 1. The number of carbonyl (C=O) groups is 1. The summed E-state index contributed by atoms with van der Waals surface area (Å²) in [7, 11) is 1.49. The van der Waals surface area contributed by atoms with Crippen LogP contribution in [0.25, 0.3) is 0 Å². The third-order valence-electron chi connectivity index (χ3n) is 4.57. The molecule has 138 valence electrons. The SMILES string of the molecule is COc1cc(CN2CCN(Cc3cccc(C)c3)C(=O)C2)cc(Cl)c1O. The quantitative estimate of drug-likeness (QED) is 0.873. The zero-order chi connectivity index (χ0) is 18.7. The van der Waals surface area contributed by atoms with Crippen molar-refractivity contribution in [2.45, 2.75) is 20.0 Å². The van der Waals surface area contributed by atoms with Crippen molar-refractivity contribution < 1.29 is 14.6 Å². The van der Waals surface area contributed by atoms with E-state index in [9.17, 15) is 9.90 Å². The normalized spacial score (nSPS) is 15.3. The molecule has 3 rings (SSSR count). The number of hydrogen-bond acceptors (Lipinski definition) is 4. The third-order valence-corrected chi connectivity index (χ3v) is 4.86. The molecular formula is C20H23ClN2O3. The molecule has 1 aliphatic heterocycles. The molecule has 6 heteroatoms. The Morgan fingerprint density at radius 1 is 1.15 bits per heavy atom. The fourth-order valence-corrected chi connectivity index (χ4v) is 3.46. The molecule has 2 aromatic carbocycles. The molecule has 0 saturated carbocycles. The van der Waals surface area contributed by atoms with E-state index in [0.717, 1.165) is 17.7 Å². The van der Waals surface area contributed by atoms with Crippen LogP contribution in [0.5, 0.6) is 11.5 Å². The highest BCUT2D eigenvalue weighted by Crippen LogP contribution is 2.35. The maximum Gasteiger partial charge on any atom is 0.237 e. The van der Waals surface area contributed by atoms with Crippen LogP contribution in [0.1, 0.15) is 16.7 Å². The predicted molar refractivity (Wildman–Crippen MR) is 102 cm³/mol. The van der Waals surface area contributed by atoms with Gasteiger partial charge in [-0.3, -0.25) is 9.69 Å². The molecule has 0 radical (unpaired) electrons. The highest BCUT2D eigenvalue weighted by atomic mass is 35.5. The van der Waals surface area contributed by atoms with E-state index >= 15 is 0 Å². The van der Waals surface area contributed by atoms with Gasteiger partial charge in [-0.25, -0.2) is 0 Å². The Morgan fingerprint density at radius 2 is 1.96 bits per heavy atom. The minimum atomic E-state index is -0.0584. The van der Waals surface area contributed by atoms with Crippen LogP contribution < -0.4 is 4.74 Å². The lowest BCUT2D eigenvalue weighted by Gasteiger charge is -2.34. The van der Waals surface area contributed by atoms with Crippen molar-refractivity contribution in [1.82, 2.24) is 9.80 Å². The Balaban J connectivity index is 1.62. The number of rotatable bonds is 5. The van der Waals surface area contributed by atoms with Crippen molar-refractivity contribution in [2.75, 3.05) is 26.7 Å². The molecule has 0 atom stereocenters. The first-order chi connectivity index (χ1) is 12.5. The second-order valence-corrected chi connectivity index (χ2v) is 7.05. The number of halogens is 1. The number of amides is 1. The van der Waals surface area contributed by atoms with Gasteiger partial charge in [0.25, 0.3) is 0 Å². The molecule has 2 aromatic rings. The van der Waals surface area contributed by atoms with E-state index < -0.39 is 0 Å². The lowest BCUT2D eigenvalue weighted by molar-refractivity contribution is -0.136. The van der Waals surface area contributed by atoms with E-state index in [0.29, 0.717) is 31.9 Å². The van der Waals surface area contributed by atoms with Crippen molar-refractivity contribution in [3.8, 4) is 11.5 Å². The Labute approximate surface area is 158 Å². The van der Waals surface area contributed by atoms with Crippen LogP contribution in [0.15, 0.2) is 36.4 Å². The number of piperazine rings is 1. The van der Waals surface area contributed by atoms with Gasteiger partial charge in [-0.2, -0.15) is 0 Å². The molecule has 0 bridgehead atoms. The van der Waals surface area contributed by atoms with Gasteiger partial charge < -0.3 is 14.7 Å². The molecule has 1 heterocycles. The minimum absolute atomic E-state index is 0.0584. The van der Waals surface area contributed by atoms with Crippen molar-refractivity contribution in [1.29, 1.82) is 0 Å². The lowest BCUT2D eigenvalue weighted by Crippen LogP contribution is -2.49. The van der Waals surface area contributed by atoms with E-state index in [1.807, 2.05) is 11.0 Å². The topological polar surface area (TPSA) is 53.0 Å². The molecule has 1 aliphatic rings. The minimum Gasteiger partial charge on any atom is -0.503 e. The number of carbonyl (C=O) groups excluding carboxylic acids is 1. The van der Waals surface area contributed by atoms with Crippen LogP contribution in [-0.4, -0.2) is 47.6 Å². The molecule has 5 nitrogen and oxygen atoms in total. The van der Waals surface area contributed by atoms with Crippen molar-refractivity contribution in [3.05, 3.63) is 58.1 Å². The number of aryl methyl sites for hydroxylation is 1. The van der Waals surface area contributed by atoms with Crippen LogP contribution in [0.3, 0.4) is 0 Å². The Bertz CT molecular complexity index is 810. The predicted octanol–water partition coefficient (Wildman–Crippen LogP) is 3.21. The summed E-state index contributed by atoms with van der Waals surface area (Å²) in [5.74, 6) is 0.406. The van der Waals surface area contributed by atoms with Crippen LogP contribution in [0, 0.1) is 6.92 Å². The van der Waals surface area contributed by atoms with Gasteiger partial charge in [0.05, 0.1) is 18.7 Å². The first kappa shape index (κ1) is 18.5. The van der Waals surface area contributed by atoms with Crippen molar-refractivity contribution >= 4 is 17.5 Å². The number of nitrogens with zero attached hydrogens (tertiary/aromatic N) is 2. The summed E-state index contributed by atoms with van der Waals surface area (Å²) in [5.41, 5.74) is 3.26. The highest BCUT2D eigenvalue weighted by molar-refractivity contribution is 6.32. The second-order valence-electron chi connectivity index (χ2n) is 6.64. The van der Waals surface area contributed by atoms with Gasteiger partial charge in [-0.05, 0) is 30.2 Å². The Hall–Kier alpha value is -2.24. The third kappa shape index (κ3) is 4.29. The Morgan fingerprint density at radius 3 is 2.65 bits per heavy atom. The summed E-state index contributed by atoms with van der Waals surface area (Å²) in [6.07, 6.45) is 0. The molecule has 1 N–H and O–H groups in total. The summed E-state index contributed by atoms with van der Waals surface area (Å²) in [4.78, 5) is 16.5. The first-order valence-electron chi connectivity index (χ1n) is 8.57. The van der Waals surface area contributed by atoms with Crippen LogP contribution in [-0.2, 0) is 17.9 Å². The number of benzene rings is 2. The smallest absolute Gasteiger partial charge is 0.237 e. The molecule has 0 unspecified atom stereocenters. The summed E-state index contributed by atoms with van der Waals surface area (Å²) in [5, 5.41) is 10.1. The lowest BCUT2D eigenvalue weighted by atomic mass is 10.1. The highest BCUT2D eigenvalue weighted by Gasteiger charge is 2.24. The van der Waals surface area contributed by atoms with Gasteiger partial charge in [-0.1, -0.05) is 41.4 Å². The van der Waals surface area contributed by atoms with Gasteiger partial charge in [-0.15, -0.1) is 0 Å². The van der Waals surface area contributed by atoms with E-state index in [-0.39, 0.29) is 16.7 Å². The molecule has 0 spiro atoms. The van der Waals surface area contributed by atoms with E-state index in [4.69, 9.17) is 16.3 Å². The van der Waals surface area contributed by atoms with Crippen molar-refractivity contribution in [2.24, 2.45) is 0 Å². The van der Waals surface area contributed by atoms with Gasteiger partial charge in [0.15, 0.2) is 11.5 Å². The average molecular weight is 375 g/mol. The van der Waals surface area contributed by atoms with Crippen molar-refractivity contribution in [3.63, 3.8) is 0 Å². The number of phenols is 1. The van der Waals surface area contributed by atoms with Crippen LogP contribution in [0.4, 0.5) is 0 Å². The maximum absolute atomic E-state index is 12.5. The molecule has 1 amide bonds. The van der Waals surface area contributed by atoms with Gasteiger partial charge in [0, 0.05) is 26.2 Å². The second kappa shape index (κ2) is 7.98. The number of methoxy groups -OCH3 is 1. The van der Waals surface area contributed by atoms with E-state index in [1.165, 1.54) is 12.7 Å². The van der Waals surface area contributed by atoms with E-state index in [1.54, 1.807) is 12.1 Å². The fraction of sp³-hybridized carbons (Fsp3) is 0.350. The Kier molecular flexibility index (Phi) is 5.69. The number of hydrogen-bond donors (Lipinski definition) is 1. The largest absolute Gasteiger partial charge is 0.503 e. The van der Waals surface area contributed by atoms with Crippen LogP contribution in [0.2, 0.25) is 5.02 Å². The zero-order valence-electron chi connectivity index (χ0n) is 15.0. The van der Waals surface area contributed by atoms with Crippen LogP contribution >= 0.6 is 11.6 Å². The molecule has 0 aromatic heterocycles. The van der Waals surface area contributed by atoms with Gasteiger partial charge in [0.1, 0.15) is 0 Å².